The van der Waals surface area contributed by atoms with Crippen LogP contribution >= 0.6 is 0 Å². The van der Waals surface area contributed by atoms with Gasteiger partial charge in [0.2, 0.25) is 5.91 Å². The Morgan fingerprint density at radius 2 is 1.75 bits per heavy atom. The molecule has 1 atom stereocenters. The minimum Gasteiger partial charge on any atom is -0.490 e. The second kappa shape index (κ2) is 8.49. The SMILES string of the molecule is NC(C(=O)Nc1ccc(OC2CCCCC2)cc1)C1CCOCC1. The van der Waals surface area contributed by atoms with Gasteiger partial charge in [0.15, 0.2) is 0 Å². The Balaban J connectivity index is 1.50. The monoisotopic (exact) mass is 332 g/mol. The van der Waals surface area contributed by atoms with Gasteiger partial charge in [0.25, 0.3) is 0 Å². The highest BCUT2D eigenvalue weighted by Crippen LogP contribution is 2.25. The Labute approximate surface area is 143 Å². The van der Waals surface area contributed by atoms with Crippen LogP contribution in [-0.2, 0) is 9.53 Å². The van der Waals surface area contributed by atoms with Crippen molar-refractivity contribution in [3.63, 3.8) is 0 Å². The number of carbonyl (C=O) groups is 1. The molecule has 5 heteroatoms. The van der Waals surface area contributed by atoms with Crippen molar-refractivity contribution in [3.05, 3.63) is 24.3 Å². The average Bonchev–Trinajstić information content (AvgIpc) is 2.64. The van der Waals surface area contributed by atoms with E-state index in [2.05, 4.69) is 5.32 Å². The zero-order chi connectivity index (χ0) is 16.8. The quantitative estimate of drug-likeness (QED) is 0.869. The molecule has 132 valence electrons. The summed E-state index contributed by atoms with van der Waals surface area (Å²) in [5.41, 5.74) is 6.86. The Kier molecular flexibility index (Phi) is 6.10. The van der Waals surface area contributed by atoms with Crippen molar-refractivity contribution >= 4 is 11.6 Å². The molecule has 1 unspecified atom stereocenters. The maximum absolute atomic E-state index is 12.3. The van der Waals surface area contributed by atoms with Gasteiger partial charge in [-0.25, -0.2) is 0 Å². The van der Waals surface area contributed by atoms with Gasteiger partial charge in [0.05, 0.1) is 12.1 Å². The van der Waals surface area contributed by atoms with Crippen LogP contribution < -0.4 is 15.8 Å². The van der Waals surface area contributed by atoms with Gasteiger partial charge < -0.3 is 20.5 Å². The molecule has 1 aliphatic carbocycles. The average molecular weight is 332 g/mol. The van der Waals surface area contributed by atoms with E-state index < -0.39 is 6.04 Å². The number of hydrogen-bond donors (Lipinski definition) is 2. The van der Waals surface area contributed by atoms with Crippen LogP contribution in [0.4, 0.5) is 5.69 Å². The predicted molar refractivity (Wildman–Crippen MR) is 94.1 cm³/mol. The molecule has 0 aromatic heterocycles. The van der Waals surface area contributed by atoms with Gasteiger partial charge in [0, 0.05) is 18.9 Å². The summed E-state index contributed by atoms with van der Waals surface area (Å²) < 4.78 is 11.3. The molecule has 1 aliphatic heterocycles. The highest BCUT2D eigenvalue weighted by atomic mass is 16.5. The van der Waals surface area contributed by atoms with E-state index >= 15 is 0 Å². The molecule has 0 radical (unpaired) electrons. The molecule has 3 rings (SSSR count). The minimum atomic E-state index is -0.480. The van der Waals surface area contributed by atoms with Crippen molar-refractivity contribution in [2.75, 3.05) is 18.5 Å². The number of amides is 1. The lowest BCUT2D eigenvalue weighted by Crippen LogP contribution is -2.43. The first kappa shape index (κ1) is 17.2. The summed E-state index contributed by atoms with van der Waals surface area (Å²) in [4.78, 5) is 12.3. The summed E-state index contributed by atoms with van der Waals surface area (Å²) in [6.45, 7) is 1.39. The number of ether oxygens (including phenoxy) is 2. The normalized spacial score (nSPS) is 21.2. The molecule has 5 nitrogen and oxygen atoms in total. The lowest BCUT2D eigenvalue weighted by Gasteiger charge is -2.26. The molecule has 1 amide bonds. The molecule has 1 saturated carbocycles. The van der Waals surface area contributed by atoms with Crippen LogP contribution in [0.5, 0.6) is 5.75 Å². The predicted octanol–water partition coefficient (Wildman–Crippen LogP) is 3.09. The van der Waals surface area contributed by atoms with E-state index in [1.165, 1.54) is 19.3 Å². The molecule has 1 aromatic rings. The van der Waals surface area contributed by atoms with E-state index in [4.69, 9.17) is 15.2 Å². The molecule has 1 heterocycles. The third-order valence-electron chi connectivity index (χ3n) is 5.05. The fourth-order valence-electron chi connectivity index (χ4n) is 3.51. The molecule has 1 saturated heterocycles. The maximum atomic E-state index is 12.3. The summed E-state index contributed by atoms with van der Waals surface area (Å²) in [5.74, 6) is 0.948. The Bertz CT molecular complexity index is 520. The summed E-state index contributed by atoms with van der Waals surface area (Å²) in [6.07, 6.45) is 8.13. The van der Waals surface area contributed by atoms with E-state index in [-0.39, 0.29) is 11.8 Å². The zero-order valence-corrected chi connectivity index (χ0v) is 14.2. The van der Waals surface area contributed by atoms with E-state index in [0.717, 1.165) is 37.1 Å². The van der Waals surface area contributed by atoms with E-state index in [0.29, 0.717) is 19.3 Å². The second-order valence-electron chi connectivity index (χ2n) is 6.87. The van der Waals surface area contributed by atoms with Crippen molar-refractivity contribution in [1.82, 2.24) is 0 Å². The van der Waals surface area contributed by atoms with Crippen LogP contribution in [0.15, 0.2) is 24.3 Å². The third-order valence-corrected chi connectivity index (χ3v) is 5.05. The van der Waals surface area contributed by atoms with Gasteiger partial charge in [-0.1, -0.05) is 6.42 Å². The number of nitrogens with two attached hydrogens (primary N) is 1. The summed E-state index contributed by atoms with van der Waals surface area (Å²) >= 11 is 0. The zero-order valence-electron chi connectivity index (χ0n) is 14.2. The number of carbonyl (C=O) groups excluding carboxylic acids is 1. The Hall–Kier alpha value is -1.59. The van der Waals surface area contributed by atoms with Crippen LogP contribution in [0.1, 0.15) is 44.9 Å². The van der Waals surface area contributed by atoms with E-state index in [9.17, 15) is 4.79 Å². The van der Waals surface area contributed by atoms with Crippen molar-refractivity contribution in [3.8, 4) is 5.75 Å². The van der Waals surface area contributed by atoms with Gasteiger partial charge in [-0.2, -0.15) is 0 Å². The van der Waals surface area contributed by atoms with Crippen LogP contribution in [-0.4, -0.2) is 31.3 Å². The third kappa shape index (κ3) is 4.71. The molecule has 24 heavy (non-hydrogen) atoms. The molecule has 2 aliphatic rings. The van der Waals surface area contributed by atoms with E-state index in [1.54, 1.807) is 0 Å². The highest BCUT2D eigenvalue weighted by molar-refractivity contribution is 5.94. The summed E-state index contributed by atoms with van der Waals surface area (Å²) in [5, 5.41) is 2.91. The van der Waals surface area contributed by atoms with Crippen molar-refractivity contribution < 1.29 is 14.3 Å². The molecular formula is C19H28N2O3. The molecule has 3 N–H and O–H groups in total. The number of benzene rings is 1. The fourth-order valence-corrected chi connectivity index (χ4v) is 3.51. The maximum Gasteiger partial charge on any atom is 0.241 e. The molecule has 0 spiro atoms. The van der Waals surface area contributed by atoms with Gasteiger partial charge >= 0.3 is 0 Å². The van der Waals surface area contributed by atoms with Crippen molar-refractivity contribution in [2.24, 2.45) is 11.7 Å². The fraction of sp³-hybridized carbons (Fsp3) is 0.632. The van der Waals surface area contributed by atoms with Crippen molar-refractivity contribution in [2.45, 2.75) is 57.1 Å². The lowest BCUT2D eigenvalue weighted by molar-refractivity contribution is -0.119. The highest BCUT2D eigenvalue weighted by Gasteiger charge is 2.26. The van der Waals surface area contributed by atoms with Gasteiger partial charge in [-0.15, -0.1) is 0 Å². The number of anilines is 1. The first-order valence-corrected chi connectivity index (χ1v) is 9.13. The summed E-state index contributed by atoms with van der Waals surface area (Å²) in [6, 6.07) is 7.13. The Morgan fingerprint density at radius 3 is 2.42 bits per heavy atom. The first-order chi connectivity index (χ1) is 11.7. The van der Waals surface area contributed by atoms with E-state index in [1.807, 2.05) is 24.3 Å². The topological polar surface area (TPSA) is 73.6 Å². The first-order valence-electron chi connectivity index (χ1n) is 9.13. The Morgan fingerprint density at radius 1 is 1.08 bits per heavy atom. The van der Waals surface area contributed by atoms with Crippen molar-refractivity contribution in [1.29, 1.82) is 0 Å². The van der Waals surface area contributed by atoms with Crippen LogP contribution in [0, 0.1) is 5.92 Å². The largest absolute Gasteiger partial charge is 0.490 e. The van der Waals surface area contributed by atoms with Crippen LogP contribution in [0.25, 0.3) is 0 Å². The number of hydrogen-bond acceptors (Lipinski definition) is 4. The smallest absolute Gasteiger partial charge is 0.241 e. The lowest BCUT2D eigenvalue weighted by atomic mass is 9.92. The van der Waals surface area contributed by atoms with Gasteiger partial charge in [0.1, 0.15) is 5.75 Å². The standard InChI is InChI=1S/C19H28N2O3/c20-18(14-10-12-23-13-11-14)19(22)21-15-6-8-17(9-7-15)24-16-4-2-1-3-5-16/h6-9,14,16,18H,1-5,10-13,20H2,(H,21,22). The van der Waals surface area contributed by atoms with Gasteiger partial charge in [-0.3, -0.25) is 4.79 Å². The molecule has 1 aromatic carbocycles. The molecule has 2 fully saturated rings. The second-order valence-corrected chi connectivity index (χ2v) is 6.87. The molecule has 0 bridgehead atoms. The number of nitrogens with one attached hydrogen (secondary N) is 1. The summed E-state index contributed by atoms with van der Waals surface area (Å²) in [7, 11) is 0. The van der Waals surface area contributed by atoms with Crippen LogP contribution in [0.2, 0.25) is 0 Å². The van der Waals surface area contributed by atoms with Gasteiger partial charge in [-0.05, 0) is 68.7 Å². The van der Waals surface area contributed by atoms with Crippen LogP contribution in [0.3, 0.4) is 0 Å². The molecular weight excluding hydrogens is 304 g/mol. The number of rotatable bonds is 5. The minimum absolute atomic E-state index is 0.122.